The first-order valence-corrected chi connectivity index (χ1v) is 9.43. The minimum absolute atomic E-state index is 0.644. The monoisotopic (exact) mass is 290 g/mol. The molecule has 1 aliphatic rings. The molecule has 1 aliphatic carbocycles. The van der Waals surface area contributed by atoms with Crippen molar-refractivity contribution < 1.29 is 0 Å². The summed E-state index contributed by atoms with van der Waals surface area (Å²) in [4.78, 5) is 0. The molecule has 1 fully saturated rings. The molecular weight excluding hydrogens is 252 g/mol. The maximum Gasteiger partial charge on any atom is -0.0142 e. The van der Waals surface area contributed by atoms with Gasteiger partial charge in [-0.15, -0.1) is 0 Å². The molecule has 0 aromatic rings. The zero-order valence-corrected chi connectivity index (χ0v) is 15.0. The number of allylic oxidation sites excluding steroid dienone is 3. The van der Waals surface area contributed by atoms with E-state index in [9.17, 15) is 0 Å². The van der Waals surface area contributed by atoms with Crippen molar-refractivity contribution in [3.63, 3.8) is 0 Å². The zero-order valence-electron chi connectivity index (χ0n) is 15.0. The van der Waals surface area contributed by atoms with Gasteiger partial charge in [0.2, 0.25) is 0 Å². The lowest BCUT2D eigenvalue weighted by Crippen LogP contribution is -2.22. The SMILES string of the molecule is C=C(C(C)CCCCCC)C(C)C(C=CC)C1CCCC1. The van der Waals surface area contributed by atoms with E-state index < -0.39 is 0 Å². The Bertz CT molecular complexity index is 306. The topological polar surface area (TPSA) is 0 Å². The maximum absolute atomic E-state index is 4.49. The van der Waals surface area contributed by atoms with Gasteiger partial charge in [-0.3, -0.25) is 0 Å². The van der Waals surface area contributed by atoms with Crippen LogP contribution in [-0.2, 0) is 0 Å². The minimum atomic E-state index is 0.644. The summed E-state index contributed by atoms with van der Waals surface area (Å²) >= 11 is 0. The fourth-order valence-corrected chi connectivity index (χ4v) is 4.06. The quantitative estimate of drug-likeness (QED) is 0.295. The molecule has 0 saturated heterocycles. The van der Waals surface area contributed by atoms with Gasteiger partial charge in [0.25, 0.3) is 0 Å². The first kappa shape index (κ1) is 18.5. The van der Waals surface area contributed by atoms with Crippen LogP contribution in [0.1, 0.15) is 85.5 Å². The van der Waals surface area contributed by atoms with E-state index in [1.54, 1.807) is 0 Å². The van der Waals surface area contributed by atoms with E-state index in [1.165, 1.54) is 63.4 Å². The summed E-state index contributed by atoms with van der Waals surface area (Å²) in [5, 5.41) is 0. The second-order valence-corrected chi connectivity index (χ2v) is 7.26. The van der Waals surface area contributed by atoms with Crippen LogP contribution in [-0.4, -0.2) is 0 Å². The normalized spacial score (nSPS) is 20.8. The Balaban J connectivity index is 2.52. The van der Waals surface area contributed by atoms with Crippen LogP contribution in [0.4, 0.5) is 0 Å². The Hall–Kier alpha value is -0.520. The molecule has 0 heterocycles. The average Bonchev–Trinajstić information content (AvgIpc) is 3.01. The number of unbranched alkanes of at least 4 members (excludes halogenated alkanes) is 3. The summed E-state index contributed by atoms with van der Waals surface area (Å²) in [7, 11) is 0. The van der Waals surface area contributed by atoms with Gasteiger partial charge in [0.1, 0.15) is 0 Å². The maximum atomic E-state index is 4.49. The highest BCUT2D eigenvalue weighted by Gasteiger charge is 2.29. The summed E-state index contributed by atoms with van der Waals surface area (Å²) in [5.74, 6) is 2.96. The van der Waals surface area contributed by atoms with Gasteiger partial charge in [-0.05, 0) is 49.9 Å². The Morgan fingerprint density at radius 2 is 1.81 bits per heavy atom. The zero-order chi connectivity index (χ0) is 15.7. The van der Waals surface area contributed by atoms with E-state index in [2.05, 4.69) is 46.4 Å². The average molecular weight is 291 g/mol. The summed E-state index contributed by atoms with van der Waals surface area (Å²) < 4.78 is 0. The Morgan fingerprint density at radius 1 is 1.14 bits per heavy atom. The molecule has 0 radical (unpaired) electrons. The van der Waals surface area contributed by atoms with E-state index in [-0.39, 0.29) is 0 Å². The van der Waals surface area contributed by atoms with Crippen molar-refractivity contribution in [3.05, 3.63) is 24.3 Å². The third-order valence-electron chi connectivity index (χ3n) is 5.64. The molecule has 0 nitrogen and oxygen atoms in total. The molecule has 0 bridgehead atoms. The third-order valence-corrected chi connectivity index (χ3v) is 5.64. The molecule has 3 unspecified atom stereocenters. The first-order chi connectivity index (χ1) is 10.1. The summed E-state index contributed by atoms with van der Waals surface area (Å²) in [6, 6.07) is 0. The van der Waals surface area contributed by atoms with Crippen molar-refractivity contribution in [2.75, 3.05) is 0 Å². The van der Waals surface area contributed by atoms with Crippen LogP contribution >= 0.6 is 0 Å². The highest BCUT2D eigenvalue weighted by atomic mass is 14.3. The molecule has 1 saturated carbocycles. The molecule has 3 atom stereocenters. The molecular formula is C21H38. The van der Waals surface area contributed by atoms with Gasteiger partial charge in [-0.1, -0.05) is 83.6 Å². The fourth-order valence-electron chi connectivity index (χ4n) is 4.06. The molecule has 21 heavy (non-hydrogen) atoms. The van der Waals surface area contributed by atoms with Crippen LogP contribution in [0.15, 0.2) is 24.3 Å². The van der Waals surface area contributed by atoms with E-state index >= 15 is 0 Å². The van der Waals surface area contributed by atoms with Gasteiger partial charge < -0.3 is 0 Å². The van der Waals surface area contributed by atoms with Crippen molar-refractivity contribution in [2.24, 2.45) is 23.7 Å². The second-order valence-electron chi connectivity index (χ2n) is 7.26. The summed E-state index contributed by atoms with van der Waals surface area (Å²) in [6.07, 6.45) is 17.3. The van der Waals surface area contributed by atoms with E-state index in [4.69, 9.17) is 0 Å². The summed E-state index contributed by atoms with van der Waals surface area (Å²) in [6.45, 7) is 13.8. The van der Waals surface area contributed by atoms with Crippen LogP contribution in [0.5, 0.6) is 0 Å². The summed E-state index contributed by atoms with van der Waals surface area (Å²) in [5.41, 5.74) is 1.50. The van der Waals surface area contributed by atoms with Gasteiger partial charge in [0, 0.05) is 0 Å². The van der Waals surface area contributed by atoms with Crippen molar-refractivity contribution in [1.82, 2.24) is 0 Å². The molecule has 0 amide bonds. The first-order valence-electron chi connectivity index (χ1n) is 9.43. The lowest BCUT2D eigenvalue weighted by Gasteiger charge is -2.31. The molecule has 122 valence electrons. The van der Waals surface area contributed by atoms with Crippen LogP contribution in [0.2, 0.25) is 0 Å². The van der Waals surface area contributed by atoms with Crippen LogP contribution in [0, 0.1) is 23.7 Å². The lowest BCUT2D eigenvalue weighted by molar-refractivity contribution is 0.312. The van der Waals surface area contributed by atoms with Crippen molar-refractivity contribution in [3.8, 4) is 0 Å². The molecule has 0 aromatic heterocycles. The number of hydrogen-bond acceptors (Lipinski definition) is 0. The van der Waals surface area contributed by atoms with E-state index in [0.29, 0.717) is 11.8 Å². The molecule has 1 rings (SSSR count). The Morgan fingerprint density at radius 3 is 2.38 bits per heavy atom. The van der Waals surface area contributed by atoms with Gasteiger partial charge in [0.05, 0.1) is 0 Å². The van der Waals surface area contributed by atoms with Crippen molar-refractivity contribution in [2.45, 2.75) is 85.5 Å². The molecule has 0 N–H and O–H groups in total. The molecule has 0 heteroatoms. The largest absolute Gasteiger partial charge is 0.0993 e. The Labute approximate surface area is 134 Å². The van der Waals surface area contributed by atoms with Gasteiger partial charge >= 0.3 is 0 Å². The second kappa shape index (κ2) is 10.2. The van der Waals surface area contributed by atoms with Crippen LogP contribution < -0.4 is 0 Å². The minimum Gasteiger partial charge on any atom is -0.0993 e. The smallest absolute Gasteiger partial charge is 0.0142 e. The predicted octanol–water partition coefficient (Wildman–Crippen LogP) is 7.17. The number of hydrogen-bond donors (Lipinski definition) is 0. The lowest BCUT2D eigenvalue weighted by atomic mass is 9.74. The van der Waals surface area contributed by atoms with Gasteiger partial charge in [-0.2, -0.15) is 0 Å². The predicted molar refractivity (Wildman–Crippen MR) is 96.5 cm³/mol. The van der Waals surface area contributed by atoms with E-state index in [1.807, 2.05) is 0 Å². The third kappa shape index (κ3) is 6.01. The molecule has 0 spiro atoms. The highest BCUT2D eigenvalue weighted by molar-refractivity contribution is 5.10. The standard InChI is InChI=1S/C21H38/c1-6-8-9-10-14-17(3)18(4)19(5)21(13-7-2)20-15-11-12-16-20/h7,13,17,19-21H,4,6,8-12,14-16H2,1-3,5H3. The van der Waals surface area contributed by atoms with Crippen molar-refractivity contribution in [1.29, 1.82) is 0 Å². The van der Waals surface area contributed by atoms with Crippen LogP contribution in [0.25, 0.3) is 0 Å². The molecule has 0 aromatic carbocycles. The van der Waals surface area contributed by atoms with Gasteiger partial charge in [-0.25, -0.2) is 0 Å². The molecule has 0 aliphatic heterocycles. The number of rotatable bonds is 10. The van der Waals surface area contributed by atoms with Crippen LogP contribution in [0.3, 0.4) is 0 Å². The highest BCUT2D eigenvalue weighted by Crippen LogP contribution is 2.40. The Kier molecular flexibility index (Phi) is 9.04. The van der Waals surface area contributed by atoms with Crippen molar-refractivity contribution >= 4 is 0 Å². The van der Waals surface area contributed by atoms with E-state index in [0.717, 1.165) is 11.8 Å². The fraction of sp³-hybridized carbons (Fsp3) is 0.810. The van der Waals surface area contributed by atoms with Gasteiger partial charge in [0.15, 0.2) is 0 Å².